The van der Waals surface area contributed by atoms with Gasteiger partial charge in [0.25, 0.3) is 0 Å². The van der Waals surface area contributed by atoms with Gasteiger partial charge in [-0.1, -0.05) is 11.8 Å². The quantitative estimate of drug-likeness (QED) is 0.749. The van der Waals surface area contributed by atoms with Crippen molar-refractivity contribution in [2.45, 2.75) is 23.1 Å². The number of thioether (sulfide) groups is 1. The van der Waals surface area contributed by atoms with E-state index in [9.17, 15) is 9.90 Å². The number of ketones is 1. The number of aromatic nitrogens is 1. The normalized spacial score (nSPS) is 20.8. The first-order chi connectivity index (χ1) is 12.0. The molecule has 2 aliphatic heterocycles. The van der Waals surface area contributed by atoms with Gasteiger partial charge in [-0.2, -0.15) is 0 Å². The average Bonchev–Trinajstić information content (AvgIpc) is 3.15. The number of Topliss-reactive ketones (excluding diaryl/α,β-unsaturated/α-hetero) is 1. The number of fused-ring (bicyclic) bond motifs is 1. The van der Waals surface area contributed by atoms with Gasteiger partial charge in [0.05, 0.1) is 21.3 Å². The van der Waals surface area contributed by atoms with Crippen molar-refractivity contribution >= 4 is 39.2 Å². The highest BCUT2D eigenvalue weighted by atomic mass is 79.9. The summed E-state index contributed by atoms with van der Waals surface area (Å²) in [7, 11) is 0. The number of benzene rings is 1. The molecule has 3 aliphatic rings. The summed E-state index contributed by atoms with van der Waals surface area (Å²) in [5.74, 6) is 0.111. The molecule has 25 heavy (non-hydrogen) atoms. The molecule has 1 unspecified atom stereocenters. The number of allylic oxidation sites excluding steroid dienone is 2. The molecular formula is C18H14BrN3O2S. The number of nitrogens with two attached hydrogens (primary N) is 1. The van der Waals surface area contributed by atoms with Crippen LogP contribution in [0.3, 0.4) is 0 Å². The van der Waals surface area contributed by atoms with E-state index in [4.69, 9.17) is 5.73 Å². The zero-order valence-electron chi connectivity index (χ0n) is 13.1. The summed E-state index contributed by atoms with van der Waals surface area (Å²) in [6.07, 6.45) is 5.42. The lowest BCUT2D eigenvalue weighted by Gasteiger charge is -2.20. The zero-order chi connectivity index (χ0) is 17.3. The molecular weight excluding hydrogens is 402 g/mol. The fourth-order valence-corrected chi connectivity index (χ4v) is 5.44. The molecule has 1 aromatic heterocycles. The molecule has 3 N–H and O–H groups in total. The minimum absolute atomic E-state index is 0.0698. The molecule has 0 amide bonds. The van der Waals surface area contributed by atoms with E-state index in [0.717, 1.165) is 41.1 Å². The molecule has 0 saturated carbocycles. The van der Waals surface area contributed by atoms with Crippen LogP contribution in [0.4, 0.5) is 0 Å². The monoisotopic (exact) mass is 415 g/mol. The predicted molar refractivity (Wildman–Crippen MR) is 101 cm³/mol. The molecule has 0 bridgehead atoms. The standard InChI is InChI=1S/C18H14BrN3O2S/c19-10-3-9-4-15(25-14(9)6-13(10)23)22-7-8-1-2-21-12-5-11(20)18(24)17(22)16(8)12/h3,5-7,15,23H,1-2,4,20H2. The van der Waals surface area contributed by atoms with Gasteiger partial charge in [0.2, 0.25) is 5.78 Å². The van der Waals surface area contributed by atoms with Crippen LogP contribution in [0.1, 0.15) is 32.6 Å². The van der Waals surface area contributed by atoms with Crippen LogP contribution >= 0.6 is 27.7 Å². The predicted octanol–water partition coefficient (Wildman–Crippen LogP) is 3.19. The van der Waals surface area contributed by atoms with Crippen molar-refractivity contribution < 1.29 is 9.90 Å². The Balaban J connectivity index is 1.62. The first kappa shape index (κ1) is 15.3. The number of nitrogens with zero attached hydrogens (tertiary/aromatic N) is 2. The third kappa shape index (κ3) is 2.15. The molecule has 0 saturated heterocycles. The Morgan fingerprint density at radius 1 is 1.36 bits per heavy atom. The number of carbonyl (C=O) groups excluding carboxylic acids is 1. The molecule has 7 heteroatoms. The van der Waals surface area contributed by atoms with Gasteiger partial charge in [0.1, 0.15) is 11.4 Å². The topological polar surface area (TPSA) is 80.6 Å². The molecule has 1 aromatic carbocycles. The van der Waals surface area contributed by atoms with Crippen LogP contribution in [0.25, 0.3) is 0 Å². The smallest absolute Gasteiger partial charge is 0.225 e. The lowest BCUT2D eigenvalue weighted by molar-refractivity contribution is 0.102. The molecule has 3 heterocycles. The molecule has 0 radical (unpaired) electrons. The molecule has 126 valence electrons. The van der Waals surface area contributed by atoms with Crippen LogP contribution in [0.15, 0.2) is 44.5 Å². The summed E-state index contributed by atoms with van der Waals surface area (Å²) in [5.41, 5.74) is 11.0. The summed E-state index contributed by atoms with van der Waals surface area (Å²) < 4.78 is 2.75. The van der Waals surface area contributed by atoms with E-state index in [-0.39, 0.29) is 22.6 Å². The lowest BCUT2D eigenvalue weighted by atomic mass is 9.92. The van der Waals surface area contributed by atoms with E-state index in [2.05, 4.69) is 31.7 Å². The molecule has 0 fully saturated rings. The van der Waals surface area contributed by atoms with Gasteiger partial charge in [-0.3, -0.25) is 9.79 Å². The Kier molecular flexibility index (Phi) is 3.21. The Hall–Kier alpha value is -1.99. The minimum Gasteiger partial charge on any atom is -0.507 e. The third-order valence-corrected chi connectivity index (χ3v) is 6.83. The van der Waals surface area contributed by atoms with Gasteiger partial charge in [0.15, 0.2) is 0 Å². The Bertz CT molecular complexity index is 991. The molecule has 5 rings (SSSR count). The fraction of sp³-hybridized carbons (Fsp3) is 0.222. The van der Waals surface area contributed by atoms with Crippen molar-refractivity contribution in [1.29, 1.82) is 0 Å². The second kappa shape index (κ2) is 5.25. The molecule has 0 spiro atoms. The van der Waals surface area contributed by atoms with Crippen molar-refractivity contribution in [2.24, 2.45) is 10.7 Å². The third-order valence-electron chi connectivity index (χ3n) is 4.90. The maximum absolute atomic E-state index is 12.7. The number of aliphatic imine (C=N–C) groups is 1. The van der Waals surface area contributed by atoms with Crippen LogP contribution in [-0.4, -0.2) is 27.7 Å². The molecule has 1 aliphatic carbocycles. The van der Waals surface area contributed by atoms with Crippen molar-refractivity contribution in [3.63, 3.8) is 0 Å². The number of phenols is 1. The summed E-state index contributed by atoms with van der Waals surface area (Å²) in [6, 6.07) is 3.73. The number of phenolic OH excluding ortho intramolecular Hbond substituents is 1. The number of halogens is 1. The lowest BCUT2D eigenvalue weighted by Crippen LogP contribution is -2.26. The Labute approximate surface area is 156 Å². The van der Waals surface area contributed by atoms with E-state index >= 15 is 0 Å². The van der Waals surface area contributed by atoms with Crippen molar-refractivity contribution in [3.05, 3.63) is 57.0 Å². The Morgan fingerprint density at radius 3 is 3.04 bits per heavy atom. The molecule has 2 aromatic rings. The van der Waals surface area contributed by atoms with E-state index < -0.39 is 0 Å². The summed E-state index contributed by atoms with van der Waals surface area (Å²) in [4.78, 5) is 18.3. The number of hydrogen-bond acceptors (Lipinski definition) is 5. The van der Waals surface area contributed by atoms with Gasteiger partial charge >= 0.3 is 0 Å². The summed E-state index contributed by atoms with van der Waals surface area (Å²) in [5, 5.41) is 10.0. The van der Waals surface area contributed by atoms with Crippen LogP contribution in [-0.2, 0) is 12.8 Å². The fourth-order valence-electron chi connectivity index (χ4n) is 3.74. The van der Waals surface area contributed by atoms with Crippen molar-refractivity contribution in [1.82, 2.24) is 4.57 Å². The van der Waals surface area contributed by atoms with Crippen molar-refractivity contribution in [2.75, 3.05) is 6.54 Å². The number of rotatable bonds is 1. The largest absolute Gasteiger partial charge is 0.507 e. The van der Waals surface area contributed by atoms with Gasteiger partial charge in [0, 0.05) is 29.6 Å². The summed E-state index contributed by atoms with van der Waals surface area (Å²) in [6.45, 7) is 0.725. The van der Waals surface area contributed by atoms with Gasteiger partial charge in [-0.15, -0.1) is 0 Å². The maximum atomic E-state index is 12.7. The highest BCUT2D eigenvalue weighted by Crippen LogP contribution is 2.48. The van der Waals surface area contributed by atoms with Crippen LogP contribution in [0.2, 0.25) is 0 Å². The Morgan fingerprint density at radius 2 is 2.20 bits per heavy atom. The number of aromatic hydroxyl groups is 1. The first-order valence-corrected chi connectivity index (χ1v) is 9.68. The highest BCUT2D eigenvalue weighted by Gasteiger charge is 2.35. The molecule has 1 atom stereocenters. The van der Waals surface area contributed by atoms with Crippen LogP contribution in [0, 0.1) is 0 Å². The van der Waals surface area contributed by atoms with Gasteiger partial charge < -0.3 is 15.4 Å². The van der Waals surface area contributed by atoms with Crippen molar-refractivity contribution in [3.8, 4) is 5.75 Å². The second-order valence-electron chi connectivity index (χ2n) is 6.42. The van der Waals surface area contributed by atoms with Gasteiger partial charge in [-0.05, 0) is 51.7 Å². The first-order valence-electron chi connectivity index (χ1n) is 8.01. The SMILES string of the molecule is NC1=CC2=NCCc3cn(C4Cc5cc(Br)c(O)cc5S4)c(c32)C1=O. The zero-order valence-corrected chi connectivity index (χ0v) is 15.5. The second-order valence-corrected chi connectivity index (χ2v) is 8.49. The van der Waals surface area contributed by atoms with E-state index in [1.807, 2.05) is 6.07 Å². The molecule has 5 nitrogen and oxygen atoms in total. The van der Waals surface area contributed by atoms with Crippen LogP contribution < -0.4 is 5.73 Å². The highest BCUT2D eigenvalue weighted by molar-refractivity contribution is 9.10. The van der Waals surface area contributed by atoms with Crippen LogP contribution in [0.5, 0.6) is 5.75 Å². The van der Waals surface area contributed by atoms with E-state index in [1.165, 1.54) is 5.56 Å². The number of hydrogen-bond donors (Lipinski definition) is 2. The number of carbonyl (C=O) groups is 1. The van der Waals surface area contributed by atoms with Gasteiger partial charge in [-0.25, -0.2) is 0 Å². The van der Waals surface area contributed by atoms with E-state index in [1.54, 1.807) is 23.9 Å². The minimum atomic E-state index is -0.123. The van der Waals surface area contributed by atoms with E-state index in [0.29, 0.717) is 10.2 Å². The summed E-state index contributed by atoms with van der Waals surface area (Å²) >= 11 is 5.04. The maximum Gasteiger partial charge on any atom is 0.225 e. The average molecular weight is 416 g/mol.